The van der Waals surface area contributed by atoms with Crippen molar-refractivity contribution >= 4 is 22.6 Å². The fraction of sp³-hybridized carbons (Fsp3) is 1.00. The molecule has 1 fully saturated rings. The molecule has 2 atom stereocenters. The Balaban J connectivity index is 2.22. The summed E-state index contributed by atoms with van der Waals surface area (Å²) < 4.78 is 6.34. The van der Waals surface area contributed by atoms with Crippen molar-refractivity contribution in [1.29, 1.82) is 0 Å². The van der Waals surface area contributed by atoms with E-state index in [4.69, 9.17) is 4.74 Å². The van der Waals surface area contributed by atoms with Crippen LogP contribution >= 0.6 is 22.6 Å². The molecule has 0 aliphatic carbocycles. The van der Waals surface area contributed by atoms with Crippen LogP contribution in [0.2, 0.25) is 0 Å². The average Bonchev–Trinajstić information content (AvgIpc) is 2.35. The van der Waals surface area contributed by atoms with Gasteiger partial charge in [0.1, 0.15) is 0 Å². The summed E-state index contributed by atoms with van der Waals surface area (Å²) in [6, 6.07) is 0. The topological polar surface area (TPSA) is 9.23 Å². The van der Waals surface area contributed by atoms with Crippen molar-refractivity contribution < 1.29 is 4.74 Å². The summed E-state index contributed by atoms with van der Waals surface area (Å²) in [5, 5.41) is 0. The van der Waals surface area contributed by atoms with Gasteiger partial charge in [-0.25, -0.2) is 0 Å². The maximum absolute atomic E-state index is 5.61. The molecule has 1 nitrogen and oxygen atoms in total. The van der Waals surface area contributed by atoms with E-state index in [0.29, 0.717) is 6.10 Å². The molecule has 1 saturated heterocycles. The summed E-state index contributed by atoms with van der Waals surface area (Å²) in [4.78, 5) is 0. The number of hydrogen-bond acceptors (Lipinski definition) is 1. The second-order valence-electron chi connectivity index (χ2n) is 3.70. The van der Waals surface area contributed by atoms with Crippen molar-refractivity contribution in [3.8, 4) is 0 Å². The first kappa shape index (κ1) is 9.78. The second-order valence-corrected chi connectivity index (χ2v) is 5.30. The van der Waals surface area contributed by atoms with E-state index in [1.807, 2.05) is 0 Å². The van der Waals surface area contributed by atoms with E-state index in [1.165, 1.54) is 19.3 Å². The van der Waals surface area contributed by atoms with E-state index in [9.17, 15) is 0 Å². The summed E-state index contributed by atoms with van der Waals surface area (Å²) in [7, 11) is 0. The highest BCUT2D eigenvalue weighted by atomic mass is 127. The van der Waals surface area contributed by atoms with Crippen LogP contribution in [0.25, 0.3) is 0 Å². The van der Waals surface area contributed by atoms with E-state index in [0.717, 1.165) is 16.4 Å². The Morgan fingerprint density at radius 3 is 2.73 bits per heavy atom. The molecular formula is C9H17IO. The van der Waals surface area contributed by atoms with Crippen LogP contribution in [0.4, 0.5) is 0 Å². The molecule has 0 bridgehead atoms. The molecule has 0 aromatic carbocycles. The lowest BCUT2D eigenvalue weighted by Crippen LogP contribution is -2.20. The molecular weight excluding hydrogens is 251 g/mol. The summed E-state index contributed by atoms with van der Waals surface area (Å²) in [5.74, 6) is 0.807. The van der Waals surface area contributed by atoms with Gasteiger partial charge >= 0.3 is 0 Å². The van der Waals surface area contributed by atoms with Gasteiger partial charge in [0.05, 0.1) is 6.10 Å². The molecule has 0 spiro atoms. The van der Waals surface area contributed by atoms with Crippen LogP contribution < -0.4 is 0 Å². The molecule has 1 aliphatic rings. The Hall–Kier alpha value is 0.690. The highest BCUT2D eigenvalue weighted by molar-refractivity contribution is 14.1. The summed E-state index contributed by atoms with van der Waals surface area (Å²) in [5.41, 5.74) is 0. The van der Waals surface area contributed by atoms with Gasteiger partial charge in [0.15, 0.2) is 0 Å². The van der Waals surface area contributed by atoms with Crippen molar-refractivity contribution in [1.82, 2.24) is 0 Å². The van der Waals surface area contributed by atoms with Crippen LogP contribution in [0.1, 0.15) is 33.1 Å². The van der Waals surface area contributed by atoms with Gasteiger partial charge in [-0.05, 0) is 25.2 Å². The predicted octanol–water partition coefficient (Wildman–Crippen LogP) is 3.02. The zero-order valence-corrected chi connectivity index (χ0v) is 9.50. The van der Waals surface area contributed by atoms with Crippen LogP contribution in [0.3, 0.4) is 0 Å². The molecule has 0 aromatic rings. The molecule has 0 N–H and O–H groups in total. The molecule has 11 heavy (non-hydrogen) atoms. The second kappa shape index (κ2) is 4.65. The van der Waals surface area contributed by atoms with Gasteiger partial charge in [-0.2, -0.15) is 0 Å². The molecule has 2 heteroatoms. The van der Waals surface area contributed by atoms with Crippen LogP contribution in [0, 0.1) is 5.92 Å². The highest BCUT2D eigenvalue weighted by Crippen LogP contribution is 2.25. The van der Waals surface area contributed by atoms with Crippen LogP contribution in [-0.4, -0.2) is 16.6 Å². The van der Waals surface area contributed by atoms with Gasteiger partial charge in [0.25, 0.3) is 0 Å². The summed E-state index contributed by atoms with van der Waals surface area (Å²) in [6.45, 7) is 5.55. The Morgan fingerprint density at radius 2 is 2.27 bits per heavy atom. The Morgan fingerprint density at radius 1 is 1.55 bits per heavy atom. The average molecular weight is 268 g/mol. The van der Waals surface area contributed by atoms with E-state index < -0.39 is 0 Å². The van der Waals surface area contributed by atoms with Crippen LogP contribution in [-0.2, 0) is 4.74 Å². The minimum absolute atomic E-state index is 0.554. The maximum atomic E-state index is 5.61. The van der Waals surface area contributed by atoms with E-state index in [2.05, 4.69) is 36.4 Å². The molecule has 1 heterocycles. The van der Waals surface area contributed by atoms with Crippen molar-refractivity contribution in [3.63, 3.8) is 0 Å². The third kappa shape index (κ3) is 3.28. The Bertz CT molecular complexity index is 108. The number of hydrogen-bond donors (Lipinski definition) is 0. The Labute approximate surface area is 83.0 Å². The number of rotatable bonds is 3. The van der Waals surface area contributed by atoms with Crippen LogP contribution in [0.5, 0.6) is 0 Å². The first-order chi connectivity index (χ1) is 5.20. The fourth-order valence-electron chi connectivity index (χ4n) is 1.49. The SMILES string of the molecule is CC(C)CC(I)[C@@H]1CCCO1. The molecule has 1 rings (SSSR count). The molecule has 0 radical (unpaired) electrons. The van der Waals surface area contributed by atoms with Gasteiger partial charge in [-0.15, -0.1) is 0 Å². The first-order valence-electron chi connectivity index (χ1n) is 4.46. The minimum Gasteiger partial charge on any atom is -0.377 e. The van der Waals surface area contributed by atoms with Gasteiger partial charge in [0, 0.05) is 10.5 Å². The molecule has 1 unspecified atom stereocenters. The zero-order chi connectivity index (χ0) is 8.27. The smallest absolute Gasteiger partial charge is 0.0693 e. The summed E-state index contributed by atoms with van der Waals surface area (Å²) in [6.07, 6.45) is 4.39. The normalized spacial score (nSPS) is 27.8. The lowest BCUT2D eigenvalue weighted by molar-refractivity contribution is 0.108. The minimum atomic E-state index is 0.554. The quantitative estimate of drug-likeness (QED) is 0.564. The number of halogens is 1. The van der Waals surface area contributed by atoms with E-state index in [1.54, 1.807) is 0 Å². The monoisotopic (exact) mass is 268 g/mol. The lowest BCUT2D eigenvalue weighted by atomic mass is 10.0. The lowest BCUT2D eigenvalue weighted by Gasteiger charge is -2.18. The van der Waals surface area contributed by atoms with Crippen molar-refractivity contribution in [2.45, 2.75) is 43.1 Å². The zero-order valence-electron chi connectivity index (χ0n) is 7.35. The van der Waals surface area contributed by atoms with Gasteiger partial charge in [-0.1, -0.05) is 36.4 Å². The molecule has 0 aromatic heterocycles. The van der Waals surface area contributed by atoms with Crippen molar-refractivity contribution in [3.05, 3.63) is 0 Å². The van der Waals surface area contributed by atoms with Crippen molar-refractivity contribution in [2.24, 2.45) is 5.92 Å². The Kier molecular flexibility index (Phi) is 4.13. The van der Waals surface area contributed by atoms with E-state index in [-0.39, 0.29) is 0 Å². The molecule has 0 amide bonds. The van der Waals surface area contributed by atoms with Crippen LogP contribution in [0.15, 0.2) is 0 Å². The number of ether oxygens (including phenoxy) is 1. The molecule has 1 aliphatic heterocycles. The van der Waals surface area contributed by atoms with Gasteiger partial charge < -0.3 is 4.74 Å². The third-order valence-electron chi connectivity index (χ3n) is 2.06. The van der Waals surface area contributed by atoms with E-state index >= 15 is 0 Å². The standard InChI is InChI=1S/C9H17IO/c1-7(2)6-8(10)9-4-3-5-11-9/h7-9H,3-6H2,1-2H3/t8?,9-/m0/s1. The maximum Gasteiger partial charge on any atom is 0.0693 e. The summed E-state index contributed by atoms with van der Waals surface area (Å²) >= 11 is 2.53. The van der Waals surface area contributed by atoms with Gasteiger partial charge in [0.2, 0.25) is 0 Å². The highest BCUT2D eigenvalue weighted by Gasteiger charge is 2.23. The molecule has 66 valence electrons. The molecule has 0 saturated carbocycles. The first-order valence-corrected chi connectivity index (χ1v) is 5.70. The van der Waals surface area contributed by atoms with Gasteiger partial charge in [-0.3, -0.25) is 0 Å². The largest absolute Gasteiger partial charge is 0.377 e. The third-order valence-corrected chi connectivity index (χ3v) is 3.38. The number of alkyl halides is 1. The fourth-order valence-corrected chi connectivity index (χ4v) is 3.07. The van der Waals surface area contributed by atoms with Crippen molar-refractivity contribution in [2.75, 3.05) is 6.61 Å². The predicted molar refractivity (Wildman–Crippen MR) is 56.2 cm³/mol.